The molecule has 1 aromatic heterocycles. The van der Waals surface area contributed by atoms with Crippen molar-refractivity contribution in [3.05, 3.63) is 10.7 Å². The molecule has 6 heteroatoms. The number of nitrogens with zero attached hydrogens (tertiary/aromatic N) is 3. The van der Waals surface area contributed by atoms with Crippen LogP contribution in [0.3, 0.4) is 0 Å². The fraction of sp³-hybridized carbons (Fsp3) is 0.692. The van der Waals surface area contributed by atoms with Crippen LogP contribution in [0.25, 0.3) is 0 Å². The van der Waals surface area contributed by atoms with Gasteiger partial charge in [0.2, 0.25) is 5.95 Å². The van der Waals surface area contributed by atoms with Crippen molar-refractivity contribution in [2.75, 3.05) is 43.4 Å². The highest BCUT2D eigenvalue weighted by Crippen LogP contribution is 2.19. The Morgan fingerprint density at radius 2 is 2.00 bits per heavy atom. The molecule has 0 saturated heterocycles. The number of anilines is 2. The van der Waals surface area contributed by atoms with Gasteiger partial charge < -0.3 is 15.5 Å². The summed E-state index contributed by atoms with van der Waals surface area (Å²) in [6, 6.07) is 0. The number of nitrogens with one attached hydrogen (secondary N) is 2. The van der Waals surface area contributed by atoms with E-state index in [-0.39, 0.29) is 0 Å². The molecule has 1 heterocycles. The maximum Gasteiger partial charge on any atom is 0.224 e. The quantitative estimate of drug-likeness (QED) is 0.729. The van der Waals surface area contributed by atoms with E-state index in [1.54, 1.807) is 6.20 Å². The molecule has 1 rings (SSSR count). The summed E-state index contributed by atoms with van der Waals surface area (Å²) in [7, 11) is 0. The summed E-state index contributed by atoms with van der Waals surface area (Å²) in [6.07, 6.45) is 2.96. The standard InChI is InChI=1S/C13H24BrN5/c1-4-8-19(6-3)9-7-16-12-11(14)10-17-13(18-12)15-5-2/h10H,4-9H2,1-3H3,(H2,15,16,17,18). The van der Waals surface area contributed by atoms with E-state index < -0.39 is 0 Å². The summed E-state index contributed by atoms with van der Waals surface area (Å²) in [5, 5.41) is 6.47. The topological polar surface area (TPSA) is 53.1 Å². The van der Waals surface area contributed by atoms with Crippen molar-refractivity contribution in [3.63, 3.8) is 0 Å². The second-order valence-electron chi connectivity index (χ2n) is 4.28. The minimum Gasteiger partial charge on any atom is -0.368 e. The fourth-order valence-corrected chi connectivity index (χ4v) is 2.14. The number of hydrogen-bond acceptors (Lipinski definition) is 5. The molecule has 0 atom stereocenters. The van der Waals surface area contributed by atoms with Crippen molar-refractivity contribution in [2.24, 2.45) is 0 Å². The van der Waals surface area contributed by atoms with Crippen LogP contribution in [0.5, 0.6) is 0 Å². The van der Waals surface area contributed by atoms with E-state index in [9.17, 15) is 0 Å². The van der Waals surface area contributed by atoms with Crippen molar-refractivity contribution in [1.82, 2.24) is 14.9 Å². The van der Waals surface area contributed by atoms with Crippen LogP contribution in [0.2, 0.25) is 0 Å². The highest BCUT2D eigenvalue weighted by atomic mass is 79.9. The van der Waals surface area contributed by atoms with Gasteiger partial charge in [0, 0.05) is 25.8 Å². The molecule has 0 unspecified atom stereocenters. The van der Waals surface area contributed by atoms with Gasteiger partial charge in [-0.1, -0.05) is 13.8 Å². The number of likely N-dealkylation sites (N-methyl/N-ethyl adjacent to an activating group) is 1. The fourth-order valence-electron chi connectivity index (χ4n) is 1.81. The smallest absolute Gasteiger partial charge is 0.224 e. The van der Waals surface area contributed by atoms with Crippen LogP contribution in [-0.4, -0.2) is 47.6 Å². The maximum absolute atomic E-state index is 4.43. The number of aromatic nitrogens is 2. The molecule has 0 aliphatic carbocycles. The van der Waals surface area contributed by atoms with Gasteiger partial charge in [-0.3, -0.25) is 0 Å². The van der Waals surface area contributed by atoms with E-state index in [1.165, 1.54) is 6.42 Å². The molecule has 19 heavy (non-hydrogen) atoms. The Bertz CT molecular complexity index is 372. The Hall–Kier alpha value is -0.880. The number of rotatable bonds is 9. The first-order valence-corrected chi connectivity index (χ1v) is 7.73. The Morgan fingerprint density at radius 3 is 2.63 bits per heavy atom. The largest absolute Gasteiger partial charge is 0.368 e. The van der Waals surface area contributed by atoms with E-state index in [0.29, 0.717) is 5.95 Å². The molecule has 0 aromatic carbocycles. The van der Waals surface area contributed by atoms with E-state index in [4.69, 9.17) is 0 Å². The SMILES string of the molecule is CCCN(CC)CCNc1nc(NCC)ncc1Br. The van der Waals surface area contributed by atoms with Crippen LogP contribution < -0.4 is 10.6 Å². The summed E-state index contributed by atoms with van der Waals surface area (Å²) in [5.74, 6) is 1.51. The first-order valence-electron chi connectivity index (χ1n) is 6.93. The molecule has 5 nitrogen and oxygen atoms in total. The molecule has 0 amide bonds. The Kier molecular flexibility index (Phi) is 7.74. The van der Waals surface area contributed by atoms with Crippen molar-refractivity contribution in [2.45, 2.75) is 27.2 Å². The third-order valence-corrected chi connectivity index (χ3v) is 3.37. The Morgan fingerprint density at radius 1 is 1.21 bits per heavy atom. The lowest BCUT2D eigenvalue weighted by Crippen LogP contribution is -2.29. The minimum atomic E-state index is 0.661. The first-order chi connectivity index (χ1) is 9.21. The van der Waals surface area contributed by atoms with E-state index in [0.717, 1.165) is 43.0 Å². The van der Waals surface area contributed by atoms with Crippen molar-refractivity contribution >= 4 is 27.7 Å². The zero-order chi connectivity index (χ0) is 14.1. The van der Waals surface area contributed by atoms with Crippen LogP contribution in [0.15, 0.2) is 10.7 Å². The average Bonchev–Trinajstić information content (AvgIpc) is 2.41. The second kappa shape index (κ2) is 9.09. The third kappa shape index (κ3) is 5.74. The highest BCUT2D eigenvalue weighted by Gasteiger charge is 2.05. The van der Waals surface area contributed by atoms with Gasteiger partial charge in [0.05, 0.1) is 4.47 Å². The zero-order valence-electron chi connectivity index (χ0n) is 12.0. The summed E-state index contributed by atoms with van der Waals surface area (Å²) in [5.41, 5.74) is 0. The summed E-state index contributed by atoms with van der Waals surface area (Å²) < 4.78 is 0.896. The Labute approximate surface area is 124 Å². The zero-order valence-corrected chi connectivity index (χ0v) is 13.6. The lowest BCUT2D eigenvalue weighted by atomic mass is 10.4. The molecule has 0 bridgehead atoms. The maximum atomic E-state index is 4.43. The molecular weight excluding hydrogens is 306 g/mol. The van der Waals surface area contributed by atoms with Gasteiger partial charge >= 0.3 is 0 Å². The van der Waals surface area contributed by atoms with Gasteiger partial charge in [-0.25, -0.2) is 4.98 Å². The lowest BCUT2D eigenvalue weighted by molar-refractivity contribution is 0.300. The van der Waals surface area contributed by atoms with Crippen molar-refractivity contribution in [1.29, 1.82) is 0 Å². The molecule has 0 aliphatic rings. The molecule has 108 valence electrons. The molecule has 0 spiro atoms. The average molecular weight is 330 g/mol. The van der Waals surface area contributed by atoms with Crippen LogP contribution in [0.1, 0.15) is 27.2 Å². The molecule has 1 aromatic rings. The summed E-state index contributed by atoms with van der Waals surface area (Å²) >= 11 is 3.47. The molecule has 0 saturated carbocycles. The third-order valence-electron chi connectivity index (χ3n) is 2.79. The number of hydrogen-bond donors (Lipinski definition) is 2. The summed E-state index contributed by atoms with van der Waals surface area (Å²) in [4.78, 5) is 11.1. The van der Waals surface area contributed by atoms with E-state index >= 15 is 0 Å². The van der Waals surface area contributed by atoms with Gasteiger partial charge in [0.15, 0.2) is 0 Å². The monoisotopic (exact) mass is 329 g/mol. The van der Waals surface area contributed by atoms with Gasteiger partial charge in [0.1, 0.15) is 5.82 Å². The first kappa shape index (κ1) is 16.2. The van der Waals surface area contributed by atoms with Crippen molar-refractivity contribution < 1.29 is 0 Å². The normalized spacial score (nSPS) is 10.8. The summed E-state index contributed by atoms with van der Waals surface area (Å²) in [6.45, 7) is 11.4. The van der Waals surface area contributed by atoms with Gasteiger partial charge in [-0.05, 0) is 42.4 Å². The Balaban J connectivity index is 2.49. The molecular formula is C13H24BrN5. The predicted molar refractivity (Wildman–Crippen MR) is 84.8 cm³/mol. The molecule has 2 N–H and O–H groups in total. The van der Waals surface area contributed by atoms with Crippen LogP contribution in [0.4, 0.5) is 11.8 Å². The highest BCUT2D eigenvalue weighted by molar-refractivity contribution is 9.10. The molecule has 0 aliphatic heterocycles. The van der Waals surface area contributed by atoms with Crippen molar-refractivity contribution in [3.8, 4) is 0 Å². The number of halogens is 1. The van der Waals surface area contributed by atoms with Gasteiger partial charge in [0.25, 0.3) is 0 Å². The van der Waals surface area contributed by atoms with Crippen LogP contribution >= 0.6 is 15.9 Å². The molecule has 0 fully saturated rings. The van der Waals surface area contributed by atoms with Crippen LogP contribution in [-0.2, 0) is 0 Å². The predicted octanol–water partition coefficient (Wildman–Crippen LogP) is 2.81. The lowest BCUT2D eigenvalue weighted by Gasteiger charge is -2.20. The van der Waals surface area contributed by atoms with Crippen LogP contribution in [0, 0.1) is 0 Å². The second-order valence-corrected chi connectivity index (χ2v) is 5.14. The van der Waals surface area contributed by atoms with E-state index in [2.05, 4.69) is 55.3 Å². The molecule has 0 radical (unpaired) electrons. The van der Waals surface area contributed by atoms with E-state index in [1.807, 2.05) is 6.92 Å². The van der Waals surface area contributed by atoms with Gasteiger partial charge in [-0.2, -0.15) is 4.98 Å². The minimum absolute atomic E-state index is 0.661. The van der Waals surface area contributed by atoms with Gasteiger partial charge in [-0.15, -0.1) is 0 Å².